The average Bonchev–Trinajstić information content (AvgIpc) is 2.57. The summed E-state index contributed by atoms with van der Waals surface area (Å²) < 4.78 is 15.3. The smallest absolute Gasteiger partial charge is 0.339 e. The number of nitrogens with zero attached hydrogens (tertiary/aromatic N) is 1. The molecule has 0 radical (unpaired) electrons. The highest BCUT2D eigenvalue weighted by atomic mass is 16.6. The number of nitrogens with one attached hydrogen (secondary N) is 1. The number of aromatic nitrogens is 1. The van der Waals surface area contributed by atoms with Gasteiger partial charge in [0.1, 0.15) is 12.1 Å². The molecule has 8 nitrogen and oxygen atoms in total. The number of unbranched alkanes of at least 4 members (excludes halogenated alkanes) is 1. The Morgan fingerprint density at radius 2 is 1.92 bits per heavy atom. The van der Waals surface area contributed by atoms with Crippen molar-refractivity contribution < 1.29 is 28.6 Å². The Labute approximate surface area is 153 Å². The van der Waals surface area contributed by atoms with Gasteiger partial charge in [0, 0.05) is 6.20 Å². The van der Waals surface area contributed by atoms with E-state index in [1.54, 1.807) is 20.8 Å². The molecule has 0 aliphatic heterocycles. The van der Waals surface area contributed by atoms with E-state index in [-0.39, 0.29) is 23.6 Å². The minimum atomic E-state index is -0.641. The first-order valence-corrected chi connectivity index (χ1v) is 8.39. The van der Waals surface area contributed by atoms with Gasteiger partial charge in [-0.05, 0) is 33.3 Å². The van der Waals surface area contributed by atoms with Crippen molar-refractivity contribution in [3.05, 3.63) is 23.5 Å². The first-order valence-electron chi connectivity index (χ1n) is 8.39. The van der Waals surface area contributed by atoms with Crippen molar-refractivity contribution >= 4 is 17.8 Å². The molecular weight excluding hydrogens is 340 g/mol. The minimum Gasteiger partial charge on any atom is -0.494 e. The van der Waals surface area contributed by atoms with Crippen LogP contribution in [-0.4, -0.2) is 48.7 Å². The SMILES string of the molecule is CCCCOC(=O)c1cnc(C(=O)NCC(=O)OC(C)(C)C)c(OC)c1. The Morgan fingerprint density at radius 1 is 1.23 bits per heavy atom. The molecule has 1 rings (SSSR count). The van der Waals surface area contributed by atoms with E-state index in [2.05, 4.69) is 10.3 Å². The van der Waals surface area contributed by atoms with Crippen molar-refractivity contribution in [1.82, 2.24) is 10.3 Å². The Morgan fingerprint density at radius 3 is 2.50 bits per heavy atom. The van der Waals surface area contributed by atoms with Gasteiger partial charge in [-0.25, -0.2) is 9.78 Å². The molecule has 0 saturated carbocycles. The van der Waals surface area contributed by atoms with Crippen LogP contribution in [0.5, 0.6) is 5.75 Å². The quantitative estimate of drug-likeness (QED) is 0.555. The third kappa shape index (κ3) is 7.08. The maximum Gasteiger partial charge on any atom is 0.339 e. The summed E-state index contributed by atoms with van der Waals surface area (Å²) in [6.07, 6.45) is 2.91. The van der Waals surface area contributed by atoms with Gasteiger partial charge in [0.15, 0.2) is 11.4 Å². The van der Waals surface area contributed by atoms with Crippen LogP contribution < -0.4 is 10.1 Å². The third-order valence-corrected chi connectivity index (χ3v) is 3.07. The van der Waals surface area contributed by atoms with Crippen LogP contribution in [0.2, 0.25) is 0 Å². The van der Waals surface area contributed by atoms with Gasteiger partial charge >= 0.3 is 11.9 Å². The van der Waals surface area contributed by atoms with E-state index in [9.17, 15) is 14.4 Å². The molecule has 1 aromatic heterocycles. The highest BCUT2D eigenvalue weighted by Crippen LogP contribution is 2.18. The Kier molecular flexibility index (Phi) is 8.02. The van der Waals surface area contributed by atoms with Gasteiger partial charge in [-0.3, -0.25) is 9.59 Å². The second-order valence-electron chi connectivity index (χ2n) is 6.53. The molecule has 144 valence electrons. The highest BCUT2D eigenvalue weighted by molar-refractivity contribution is 5.98. The van der Waals surface area contributed by atoms with Gasteiger partial charge in [-0.15, -0.1) is 0 Å². The molecule has 1 heterocycles. The number of esters is 2. The Bertz CT molecular complexity index is 652. The van der Waals surface area contributed by atoms with E-state index in [1.807, 2.05) is 6.92 Å². The molecule has 0 aliphatic rings. The molecule has 8 heteroatoms. The van der Waals surface area contributed by atoms with Crippen LogP contribution in [0.25, 0.3) is 0 Å². The molecule has 0 saturated heterocycles. The zero-order valence-electron chi connectivity index (χ0n) is 15.9. The van der Waals surface area contributed by atoms with E-state index in [1.165, 1.54) is 19.4 Å². The molecular formula is C18H26N2O6. The molecule has 0 fully saturated rings. The second-order valence-corrected chi connectivity index (χ2v) is 6.53. The molecule has 0 unspecified atom stereocenters. The first kappa shape index (κ1) is 21.4. The van der Waals surface area contributed by atoms with Gasteiger partial charge in [0.05, 0.1) is 19.3 Å². The minimum absolute atomic E-state index is 0.0406. The molecule has 1 N–H and O–H groups in total. The Hall–Kier alpha value is -2.64. The molecule has 0 bridgehead atoms. The average molecular weight is 366 g/mol. The van der Waals surface area contributed by atoms with Gasteiger partial charge in [-0.1, -0.05) is 13.3 Å². The summed E-state index contributed by atoms with van der Waals surface area (Å²) in [5.74, 6) is -1.61. The summed E-state index contributed by atoms with van der Waals surface area (Å²) in [6.45, 7) is 7.20. The molecule has 1 amide bonds. The van der Waals surface area contributed by atoms with Crippen molar-refractivity contribution in [3.8, 4) is 5.75 Å². The van der Waals surface area contributed by atoms with Gasteiger partial charge in [0.25, 0.3) is 5.91 Å². The number of hydrogen-bond donors (Lipinski definition) is 1. The van der Waals surface area contributed by atoms with Crippen LogP contribution in [0.1, 0.15) is 61.4 Å². The fourth-order valence-corrected chi connectivity index (χ4v) is 1.89. The third-order valence-electron chi connectivity index (χ3n) is 3.07. The highest BCUT2D eigenvalue weighted by Gasteiger charge is 2.20. The number of ether oxygens (including phenoxy) is 3. The van der Waals surface area contributed by atoms with E-state index >= 15 is 0 Å². The van der Waals surface area contributed by atoms with E-state index in [0.717, 1.165) is 12.8 Å². The van der Waals surface area contributed by atoms with Gasteiger partial charge in [0.2, 0.25) is 0 Å². The molecule has 1 aromatic rings. The van der Waals surface area contributed by atoms with Crippen LogP contribution >= 0.6 is 0 Å². The van der Waals surface area contributed by atoms with Crippen LogP contribution in [-0.2, 0) is 14.3 Å². The zero-order valence-corrected chi connectivity index (χ0v) is 15.9. The van der Waals surface area contributed by atoms with Gasteiger partial charge < -0.3 is 19.5 Å². The largest absolute Gasteiger partial charge is 0.494 e. The standard InChI is InChI=1S/C18H26N2O6/c1-6-7-8-25-17(23)12-9-13(24-5)15(19-10-12)16(22)20-11-14(21)26-18(2,3)4/h9-10H,6-8,11H2,1-5H3,(H,20,22). The van der Waals surface area contributed by atoms with E-state index in [0.29, 0.717) is 6.61 Å². The van der Waals surface area contributed by atoms with Gasteiger partial charge in [-0.2, -0.15) is 0 Å². The Balaban J connectivity index is 2.75. The fourth-order valence-electron chi connectivity index (χ4n) is 1.89. The summed E-state index contributed by atoms with van der Waals surface area (Å²) in [7, 11) is 1.36. The number of pyridine rings is 1. The topological polar surface area (TPSA) is 104 Å². The molecule has 0 aromatic carbocycles. The number of rotatable bonds is 8. The molecule has 0 aliphatic carbocycles. The monoisotopic (exact) mass is 366 g/mol. The summed E-state index contributed by atoms with van der Waals surface area (Å²) in [4.78, 5) is 39.8. The van der Waals surface area contributed by atoms with Crippen molar-refractivity contribution in [2.75, 3.05) is 20.3 Å². The molecule has 26 heavy (non-hydrogen) atoms. The van der Waals surface area contributed by atoms with Crippen molar-refractivity contribution in [1.29, 1.82) is 0 Å². The summed E-state index contributed by atoms with van der Waals surface area (Å²) in [5.41, 5.74) is -0.500. The summed E-state index contributed by atoms with van der Waals surface area (Å²) in [5, 5.41) is 2.41. The van der Waals surface area contributed by atoms with Crippen molar-refractivity contribution in [2.24, 2.45) is 0 Å². The van der Waals surface area contributed by atoms with Crippen LogP contribution in [0, 0.1) is 0 Å². The van der Waals surface area contributed by atoms with Crippen molar-refractivity contribution in [2.45, 2.75) is 46.1 Å². The fraction of sp³-hybridized carbons (Fsp3) is 0.556. The molecule has 0 atom stereocenters. The second kappa shape index (κ2) is 9.74. The lowest BCUT2D eigenvalue weighted by molar-refractivity contribution is -0.153. The lowest BCUT2D eigenvalue weighted by atomic mass is 10.2. The summed E-state index contributed by atoms with van der Waals surface area (Å²) >= 11 is 0. The van der Waals surface area contributed by atoms with Crippen LogP contribution in [0.3, 0.4) is 0 Å². The molecule has 0 spiro atoms. The maximum absolute atomic E-state index is 12.2. The zero-order chi connectivity index (χ0) is 19.7. The number of hydrogen-bond acceptors (Lipinski definition) is 7. The number of carbonyl (C=O) groups excluding carboxylic acids is 3. The predicted octanol–water partition coefficient (Wildman–Crippen LogP) is 2.12. The summed E-state index contributed by atoms with van der Waals surface area (Å²) in [6, 6.07) is 1.38. The van der Waals surface area contributed by atoms with E-state index in [4.69, 9.17) is 14.2 Å². The number of carbonyl (C=O) groups is 3. The van der Waals surface area contributed by atoms with Crippen LogP contribution in [0.4, 0.5) is 0 Å². The predicted molar refractivity (Wildman–Crippen MR) is 94.2 cm³/mol. The van der Waals surface area contributed by atoms with E-state index < -0.39 is 23.4 Å². The van der Waals surface area contributed by atoms with Crippen LogP contribution in [0.15, 0.2) is 12.3 Å². The van der Waals surface area contributed by atoms with Crippen molar-refractivity contribution in [3.63, 3.8) is 0 Å². The lowest BCUT2D eigenvalue weighted by Crippen LogP contribution is -2.35. The normalized spacial score (nSPS) is 10.8. The number of methoxy groups -OCH3 is 1. The number of amides is 1. The lowest BCUT2D eigenvalue weighted by Gasteiger charge is -2.19. The maximum atomic E-state index is 12.2. The first-order chi connectivity index (χ1) is 12.2.